The van der Waals surface area contributed by atoms with Crippen molar-refractivity contribution in [3.05, 3.63) is 64.1 Å². The summed E-state index contributed by atoms with van der Waals surface area (Å²) in [4.78, 5) is 32.4. The number of fused-ring (bicyclic) bond motifs is 2. The average molecular weight is 371 g/mol. The maximum absolute atomic E-state index is 14.2. The molecule has 0 radical (unpaired) electrons. The predicted octanol–water partition coefficient (Wildman–Crippen LogP) is 3.00. The molecule has 0 saturated carbocycles. The second-order valence-electron chi connectivity index (χ2n) is 6.16. The standard InChI is InChI=1S/C19H15F2N3O3/c1-2-11-6-5-9-15-16(11)27-19(20,21)18(26)24(15)10-14-17(25)23-13-8-4-3-7-12(13)22-14/h3-9H,2,10H2,1H3,(H,23,25). The van der Waals surface area contributed by atoms with Crippen LogP contribution in [-0.4, -0.2) is 22.0 Å². The van der Waals surface area contributed by atoms with Crippen LogP contribution in [0.1, 0.15) is 18.2 Å². The van der Waals surface area contributed by atoms with Gasteiger partial charge in [0.05, 0.1) is 23.3 Å². The van der Waals surface area contributed by atoms with E-state index in [0.29, 0.717) is 23.0 Å². The second-order valence-corrected chi connectivity index (χ2v) is 6.16. The number of aryl methyl sites for hydroxylation is 1. The Bertz CT molecular complexity index is 1110. The molecule has 0 saturated heterocycles. The molecule has 0 atom stereocenters. The molecule has 0 fully saturated rings. The molecule has 3 aromatic rings. The van der Waals surface area contributed by atoms with Crippen LogP contribution in [0.5, 0.6) is 5.75 Å². The number of aromatic nitrogens is 2. The summed E-state index contributed by atoms with van der Waals surface area (Å²) in [6.07, 6.45) is -3.56. The van der Waals surface area contributed by atoms with Crippen molar-refractivity contribution in [2.45, 2.75) is 26.0 Å². The third-order valence-corrected chi connectivity index (χ3v) is 4.45. The smallest absolute Gasteiger partial charge is 0.423 e. The molecule has 8 heteroatoms. The number of ether oxygens (including phenoxy) is 1. The number of hydrogen-bond acceptors (Lipinski definition) is 4. The van der Waals surface area contributed by atoms with Crippen LogP contribution in [0.4, 0.5) is 14.5 Å². The first-order valence-corrected chi connectivity index (χ1v) is 8.39. The molecule has 138 valence electrons. The van der Waals surface area contributed by atoms with E-state index in [1.54, 1.807) is 43.3 Å². The zero-order valence-electron chi connectivity index (χ0n) is 14.3. The normalized spacial score (nSPS) is 15.5. The van der Waals surface area contributed by atoms with Crippen molar-refractivity contribution >= 4 is 22.6 Å². The monoisotopic (exact) mass is 371 g/mol. The van der Waals surface area contributed by atoms with E-state index < -0.39 is 24.1 Å². The molecule has 27 heavy (non-hydrogen) atoms. The fourth-order valence-corrected chi connectivity index (χ4v) is 3.10. The van der Waals surface area contributed by atoms with Crippen molar-refractivity contribution in [2.75, 3.05) is 4.90 Å². The van der Waals surface area contributed by atoms with E-state index >= 15 is 0 Å². The van der Waals surface area contributed by atoms with Gasteiger partial charge in [0.15, 0.2) is 5.75 Å². The van der Waals surface area contributed by atoms with E-state index in [0.717, 1.165) is 4.90 Å². The van der Waals surface area contributed by atoms with Crippen molar-refractivity contribution in [3.63, 3.8) is 0 Å². The van der Waals surface area contributed by atoms with Gasteiger partial charge in [0.25, 0.3) is 5.56 Å². The van der Waals surface area contributed by atoms with E-state index in [4.69, 9.17) is 4.74 Å². The van der Waals surface area contributed by atoms with Gasteiger partial charge in [0.1, 0.15) is 5.69 Å². The van der Waals surface area contributed by atoms with Gasteiger partial charge in [-0.3, -0.25) is 14.5 Å². The third kappa shape index (κ3) is 2.83. The summed E-state index contributed by atoms with van der Waals surface area (Å²) in [7, 11) is 0. The Kier molecular flexibility index (Phi) is 3.91. The minimum Gasteiger partial charge on any atom is -0.423 e. The molecule has 2 heterocycles. The number of rotatable bonds is 3. The van der Waals surface area contributed by atoms with Crippen LogP contribution in [0, 0.1) is 0 Å². The van der Waals surface area contributed by atoms with Gasteiger partial charge in [-0.1, -0.05) is 31.2 Å². The summed E-state index contributed by atoms with van der Waals surface area (Å²) in [5.74, 6) is -1.58. The van der Waals surface area contributed by atoms with Crippen LogP contribution in [0.25, 0.3) is 11.0 Å². The number of amides is 1. The quantitative estimate of drug-likeness (QED) is 0.768. The summed E-state index contributed by atoms with van der Waals surface area (Å²) in [6, 6.07) is 11.7. The van der Waals surface area contributed by atoms with Crippen LogP contribution in [0.15, 0.2) is 47.3 Å². The van der Waals surface area contributed by atoms with E-state index in [-0.39, 0.29) is 17.1 Å². The molecule has 1 N–H and O–H groups in total. The molecular formula is C19H15F2N3O3. The zero-order chi connectivity index (χ0) is 19.2. The van der Waals surface area contributed by atoms with Gasteiger partial charge < -0.3 is 9.72 Å². The predicted molar refractivity (Wildman–Crippen MR) is 94.9 cm³/mol. The Labute approximate surface area is 152 Å². The minimum absolute atomic E-state index is 0.0346. The second kappa shape index (κ2) is 6.15. The number of nitrogens with one attached hydrogen (secondary N) is 1. The molecule has 1 aromatic heterocycles. The van der Waals surface area contributed by atoms with Gasteiger partial charge >= 0.3 is 12.0 Å². The number of para-hydroxylation sites is 3. The highest BCUT2D eigenvalue weighted by molar-refractivity contribution is 6.01. The summed E-state index contributed by atoms with van der Waals surface area (Å²) in [5.41, 5.74) is 1.20. The van der Waals surface area contributed by atoms with Gasteiger partial charge in [-0.05, 0) is 30.2 Å². The van der Waals surface area contributed by atoms with E-state index in [1.807, 2.05) is 0 Å². The van der Waals surface area contributed by atoms with E-state index in [2.05, 4.69) is 9.97 Å². The molecular weight excluding hydrogens is 356 g/mol. The minimum atomic E-state index is -4.01. The third-order valence-electron chi connectivity index (χ3n) is 4.45. The molecule has 0 spiro atoms. The molecule has 4 rings (SSSR count). The van der Waals surface area contributed by atoms with Crippen LogP contribution in [0.3, 0.4) is 0 Å². The molecule has 6 nitrogen and oxygen atoms in total. The van der Waals surface area contributed by atoms with Gasteiger partial charge in [0, 0.05) is 0 Å². The van der Waals surface area contributed by atoms with Gasteiger partial charge in [0.2, 0.25) is 0 Å². The number of aromatic amines is 1. The number of anilines is 1. The van der Waals surface area contributed by atoms with Gasteiger partial charge in [-0.15, -0.1) is 0 Å². The first-order valence-electron chi connectivity index (χ1n) is 8.39. The van der Waals surface area contributed by atoms with Crippen molar-refractivity contribution in [1.82, 2.24) is 9.97 Å². The van der Waals surface area contributed by atoms with Crippen molar-refractivity contribution in [1.29, 1.82) is 0 Å². The van der Waals surface area contributed by atoms with E-state index in [9.17, 15) is 18.4 Å². The van der Waals surface area contributed by atoms with Crippen LogP contribution < -0.4 is 15.2 Å². The van der Waals surface area contributed by atoms with Crippen molar-refractivity contribution in [3.8, 4) is 5.75 Å². The maximum Gasteiger partial charge on any atom is 0.483 e. The largest absolute Gasteiger partial charge is 0.483 e. The Morgan fingerprint density at radius 2 is 1.93 bits per heavy atom. The zero-order valence-corrected chi connectivity index (χ0v) is 14.3. The number of halogens is 2. The highest BCUT2D eigenvalue weighted by atomic mass is 19.3. The molecule has 2 aromatic carbocycles. The number of alkyl halides is 2. The molecule has 0 bridgehead atoms. The highest BCUT2D eigenvalue weighted by Crippen LogP contribution is 2.42. The number of hydrogen-bond donors (Lipinski definition) is 1. The molecule has 0 unspecified atom stereocenters. The lowest BCUT2D eigenvalue weighted by Crippen LogP contribution is -2.51. The first kappa shape index (κ1) is 17.1. The Morgan fingerprint density at radius 3 is 2.70 bits per heavy atom. The topological polar surface area (TPSA) is 75.3 Å². The van der Waals surface area contributed by atoms with E-state index in [1.165, 1.54) is 6.07 Å². The Hall–Kier alpha value is -3.29. The molecule has 1 aliphatic rings. The summed E-state index contributed by atoms with van der Waals surface area (Å²) >= 11 is 0. The number of carbonyl (C=O) groups is 1. The SMILES string of the molecule is CCc1cccc2c1OC(F)(F)C(=O)N2Cc1nc2ccccc2[nH]c1=O. The number of carbonyl (C=O) groups excluding carboxylic acids is 1. The van der Waals surface area contributed by atoms with Gasteiger partial charge in [-0.25, -0.2) is 4.98 Å². The molecule has 0 aliphatic carbocycles. The fourth-order valence-electron chi connectivity index (χ4n) is 3.10. The lowest BCUT2D eigenvalue weighted by Gasteiger charge is -2.34. The highest BCUT2D eigenvalue weighted by Gasteiger charge is 2.51. The lowest BCUT2D eigenvalue weighted by atomic mass is 10.1. The number of H-pyrrole nitrogens is 1. The summed E-state index contributed by atoms with van der Waals surface area (Å²) in [6.45, 7) is 1.41. The van der Waals surface area contributed by atoms with Crippen LogP contribution >= 0.6 is 0 Å². The van der Waals surface area contributed by atoms with Crippen molar-refractivity contribution in [2.24, 2.45) is 0 Å². The maximum atomic E-state index is 14.2. The fraction of sp³-hybridized carbons (Fsp3) is 0.211. The van der Waals surface area contributed by atoms with Crippen LogP contribution in [0.2, 0.25) is 0 Å². The Morgan fingerprint density at radius 1 is 1.15 bits per heavy atom. The summed E-state index contributed by atoms with van der Waals surface area (Å²) < 4.78 is 33.1. The number of benzene rings is 2. The van der Waals surface area contributed by atoms with Crippen molar-refractivity contribution < 1.29 is 18.3 Å². The van der Waals surface area contributed by atoms with Crippen LogP contribution in [-0.2, 0) is 17.8 Å². The molecule has 1 amide bonds. The summed E-state index contributed by atoms with van der Waals surface area (Å²) in [5, 5.41) is 0. The molecule has 1 aliphatic heterocycles. The lowest BCUT2D eigenvalue weighted by molar-refractivity contribution is -0.193. The first-order chi connectivity index (χ1) is 12.9. The number of nitrogens with zero attached hydrogens (tertiary/aromatic N) is 2. The van der Waals surface area contributed by atoms with Gasteiger partial charge in [-0.2, -0.15) is 8.78 Å². The Balaban J connectivity index is 1.83. The average Bonchev–Trinajstić information content (AvgIpc) is 2.65.